The lowest BCUT2D eigenvalue weighted by Gasteiger charge is -2.03. The Bertz CT molecular complexity index is 645. The van der Waals surface area contributed by atoms with E-state index in [1.54, 1.807) is 17.5 Å². The molecule has 0 spiro atoms. The molecule has 0 bridgehead atoms. The maximum Gasteiger partial charge on any atom is 0.0815 e. The first-order chi connectivity index (χ1) is 7.84. The Hall–Kier alpha value is -1.94. The van der Waals surface area contributed by atoms with Crippen LogP contribution in [0.25, 0.3) is 21.3 Å². The SMILES string of the molecule is Nc1cncc(-c2ccnc3ccsc23)c1. The molecule has 0 atom stereocenters. The Balaban J connectivity index is 2.29. The zero-order valence-electron chi connectivity index (χ0n) is 8.42. The van der Waals surface area contributed by atoms with E-state index in [2.05, 4.69) is 9.97 Å². The zero-order valence-corrected chi connectivity index (χ0v) is 9.24. The van der Waals surface area contributed by atoms with E-state index in [0.717, 1.165) is 16.6 Å². The molecule has 0 saturated heterocycles. The molecule has 0 amide bonds. The van der Waals surface area contributed by atoms with Crippen molar-refractivity contribution in [2.45, 2.75) is 0 Å². The van der Waals surface area contributed by atoms with Gasteiger partial charge in [0.15, 0.2) is 0 Å². The summed E-state index contributed by atoms with van der Waals surface area (Å²) in [5.41, 5.74) is 9.61. The molecule has 4 heteroatoms. The summed E-state index contributed by atoms with van der Waals surface area (Å²) in [6.07, 6.45) is 5.29. The first kappa shape index (κ1) is 9.30. The standard InChI is InChI=1S/C12H9N3S/c13-9-5-8(6-14-7-9)10-1-3-15-11-2-4-16-12(10)11/h1-7H,13H2. The molecule has 3 heterocycles. The van der Waals surface area contributed by atoms with Crippen molar-refractivity contribution in [3.8, 4) is 11.1 Å². The fraction of sp³-hybridized carbons (Fsp3) is 0. The number of aromatic nitrogens is 2. The highest BCUT2D eigenvalue weighted by molar-refractivity contribution is 7.17. The Morgan fingerprint density at radius 2 is 2.12 bits per heavy atom. The van der Waals surface area contributed by atoms with Gasteiger partial charge in [-0.15, -0.1) is 11.3 Å². The van der Waals surface area contributed by atoms with Crippen molar-refractivity contribution in [1.29, 1.82) is 0 Å². The molecule has 16 heavy (non-hydrogen) atoms. The second kappa shape index (κ2) is 3.57. The highest BCUT2D eigenvalue weighted by atomic mass is 32.1. The van der Waals surface area contributed by atoms with Crippen molar-refractivity contribution < 1.29 is 0 Å². The van der Waals surface area contributed by atoms with Gasteiger partial charge in [-0.2, -0.15) is 0 Å². The van der Waals surface area contributed by atoms with Gasteiger partial charge in [-0.05, 0) is 23.6 Å². The van der Waals surface area contributed by atoms with E-state index in [9.17, 15) is 0 Å². The van der Waals surface area contributed by atoms with E-state index in [1.807, 2.05) is 36.0 Å². The molecule has 3 nitrogen and oxygen atoms in total. The molecule has 0 aromatic carbocycles. The molecule has 0 radical (unpaired) electrons. The zero-order chi connectivity index (χ0) is 11.0. The van der Waals surface area contributed by atoms with E-state index in [-0.39, 0.29) is 0 Å². The van der Waals surface area contributed by atoms with E-state index in [4.69, 9.17) is 5.73 Å². The lowest BCUT2D eigenvalue weighted by molar-refractivity contribution is 1.33. The van der Waals surface area contributed by atoms with Crippen LogP contribution in [0.4, 0.5) is 5.69 Å². The number of fused-ring (bicyclic) bond motifs is 1. The molecule has 0 aliphatic rings. The number of hydrogen-bond acceptors (Lipinski definition) is 4. The van der Waals surface area contributed by atoms with Gasteiger partial charge in [-0.3, -0.25) is 9.97 Å². The number of nitrogens with two attached hydrogens (primary N) is 1. The van der Waals surface area contributed by atoms with Crippen molar-refractivity contribution in [2.24, 2.45) is 0 Å². The van der Waals surface area contributed by atoms with Gasteiger partial charge in [0.25, 0.3) is 0 Å². The quantitative estimate of drug-likeness (QED) is 0.695. The lowest BCUT2D eigenvalue weighted by Crippen LogP contribution is -1.88. The van der Waals surface area contributed by atoms with Crippen LogP contribution in [0.2, 0.25) is 0 Å². The van der Waals surface area contributed by atoms with Crippen molar-refractivity contribution >= 4 is 27.2 Å². The van der Waals surface area contributed by atoms with Crippen LogP contribution in [-0.4, -0.2) is 9.97 Å². The van der Waals surface area contributed by atoms with Gasteiger partial charge in [-0.25, -0.2) is 0 Å². The molecule has 3 aromatic heterocycles. The van der Waals surface area contributed by atoms with Crippen molar-refractivity contribution in [1.82, 2.24) is 9.97 Å². The highest BCUT2D eigenvalue weighted by Gasteiger charge is 2.05. The molecule has 2 N–H and O–H groups in total. The number of nitrogens with zero attached hydrogens (tertiary/aromatic N) is 2. The number of thiophene rings is 1. The van der Waals surface area contributed by atoms with E-state index < -0.39 is 0 Å². The second-order valence-corrected chi connectivity index (χ2v) is 4.42. The number of anilines is 1. The average molecular weight is 227 g/mol. The number of hydrogen-bond donors (Lipinski definition) is 1. The molecule has 0 aliphatic heterocycles. The molecular weight excluding hydrogens is 218 g/mol. The number of nitrogen functional groups attached to an aromatic ring is 1. The number of pyridine rings is 2. The maximum absolute atomic E-state index is 5.74. The summed E-state index contributed by atoms with van der Waals surface area (Å²) < 4.78 is 1.18. The fourth-order valence-electron chi connectivity index (χ4n) is 1.71. The molecule has 3 rings (SSSR count). The molecule has 78 valence electrons. The molecule has 0 fully saturated rings. The first-order valence-electron chi connectivity index (χ1n) is 4.88. The molecular formula is C12H9N3S. The summed E-state index contributed by atoms with van der Waals surface area (Å²) >= 11 is 1.68. The predicted octanol–water partition coefficient (Wildman–Crippen LogP) is 2.94. The minimum Gasteiger partial charge on any atom is -0.397 e. The average Bonchev–Trinajstić information content (AvgIpc) is 2.76. The third-order valence-corrected chi connectivity index (χ3v) is 3.35. The Kier molecular flexibility index (Phi) is 2.08. The maximum atomic E-state index is 5.74. The summed E-state index contributed by atoms with van der Waals surface area (Å²) in [6, 6.07) is 5.94. The summed E-state index contributed by atoms with van der Waals surface area (Å²) in [6.45, 7) is 0. The van der Waals surface area contributed by atoms with Gasteiger partial charge in [0, 0.05) is 29.7 Å². The molecule has 0 saturated carbocycles. The van der Waals surface area contributed by atoms with Gasteiger partial charge in [-0.1, -0.05) is 0 Å². The monoisotopic (exact) mass is 227 g/mol. The minimum absolute atomic E-state index is 0.680. The van der Waals surface area contributed by atoms with Crippen LogP contribution >= 0.6 is 11.3 Å². The van der Waals surface area contributed by atoms with Crippen LogP contribution in [0, 0.1) is 0 Å². The lowest BCUT2D eigenvalue weighted by atomic mass is 10.1. The van der Waals surface area contributed by atoms with Gasteiger partial charge >= 0.3 is 0 Å². The van der Waals surface area contributed by atoms with E-state index >= 15 is 0 Å². The highest BCUT2D eigenvalue weighted by Crippen LogP contribution is 2.31. The first-order valence-corrected chi connectivity index (χ1v) is 5.76. The van der Waals surface area contributed by atoms with Gasteiger partial charge < -0.3 is 5.73 Å². The van der Waals surface area contributed by atoms with Gasteiger partial charge in [0.2, 0.25) is 0 Å². The smallest absolute Gasteiger partial charge is 0.0815 e. The Labute approximate surface area is 96.6 Å². The van der Waals surface area contributed by atoms with Gasteiger partial charge in [0.05, 0.1) is 15.9 Å². The third kappa shape index (κ3) is 1.44. The summed E-state index contributed by atoms with van der Waals surface area (Å²) in [5, 5.41) is 2.04. The molecule has 0 aliphatic carbocycles. The second-order valence-electron chi connectivity index (χ2n) is 3.50. The minimum atomic E-state index is 0.680. The number of rotatable bonds is 1. The molecule has 3 aromatic rings. The molecule has 0 unspecified atom stereocenters. The van der Waals surface area contributed by atoms with Crippen molar-refractivity contribution in [2.75, 3.05) is 5.73 Å². The summed E-state index contributed by atoms with van der Waals surface area (Å²) in [7, 11) is 0. The van der Waals surface area contributed by atoms with Crippen molar-refractivity contribution in [3.05, 3.63) is 42.2 Å². The normalized spacial score (nSPS) is 10.8. The van der Waals surface area contributed by atoms with E-state index in [1.165, 1.54) is 4.70 Å². The van der Waals surface area contributed by atoms with Crippen LogP contribution in [-0.2, 0) is 0 Å². The Morgan fingerprint density at radius 3 is 3.00 bits per heavy atom. The van der Waals surface area contributed by atoms with Crippen LogP contribution in [0.5, 0.6) is 0 Å². The van der Waals surface area contributed by atoms with Crippen LogP contribution in [0.15, 0.2) is 42.2 Å². The van der Waals surface area contributed by atoms with E-state index in [0.29, 0.717) is 5.69 Å². The summed E-state index contributed by atoms with van der Waals surface area (Å²) in [5.74, 6) is 0. The van der Waals surface area contributed by atoms with Crippen LogP contribution in [0.1, 0.15) is 0 Å². The largest absolute Gasteiger partial charge is 0.397 e. The Morgan fingerprint density at radius 1 is 1.19 bits per heavy atom. The third-order valence-electron chi connectivity index (χ3n) is 2.41. The predicted molar refractivity (Wildman–Crippen MR) is 67.3 cm³/mol. The van der Waals surface area contributed by atoms with Crippen LogP contribution in [0.3, 0.4) is 0 Å². The van der Waals surface area contributed by atoms with Crippen LogP contribution < -0.4 is 5.73 Å². The fourth-order valence-corrected chi connectivity index (χ4v) is 2.59. The topological polar surface area (TPSA) is 51.8 Å². The van der Waals surface area contributed by atoms with Gasteiger partial charge in [0.1, 0.15) is 0 Å². The van der Waals surface area contributed by atoms with Crippen molar-refractivity contribution in [3.63, 3.8) is 0 Å². The summed E-state index contributed by atoms with van der Waals surface area (Å²) in [4.78, 5) is 8.42.